The van der Waals surface area contributed by atoms with Crippen LogP contribution in [-0.2, 0) is 4.79 Å². The molecule has 0 saturated carbocycles. The van der Waals surface area contributed by atoms with Crippen LogP contribution < -0.4 is 0 Å². The van der Waals surface area contributed by atoms with Gasteiger partial charge in [-0.25, -0.2) is 0 Å². The predicted octanol–water partition coefficient (Wildman–Crippen LogP) is 2.15. The fourth-order valence-electron chi connectivity index (χ4n) is 0.925. The number of nitrogens with zero attached hydrogens (tertiary/aromatic N) is 1. The van der Waals surface area contributed by atoms with Crippen LogP contribution in [0.4, 0.5) is 0 Å². The van der Waals surface area contributed by atoms with E-state index in [1.165, 1.54) is 0 Å². The van der Waals surface area contributed by atoms with Gasteiger partial charge >= 0.3 is 0 Å². The smallest absolute Gasteiger partial charge is 0.249 e. The van der Waals surface area contributed by atoms with Crippen molar-refractivity contribution >= 4 is 5.91 Å². The SMILES string of the molecule is C=CCN(CC=C)C(=O)/C(C)=C\C. The Morgan fingerprint density at radius 1 is 1.31 bits per heavy atom. The van der Waals surface area contributed by atoms with E-state index in [1.807, 2.05) is 19.9 Å². The second-order valence-electron chi connectivity index (χ2n) is 2.76. The Labute approximate surface area is 80.2 Å². The molecule has 2 nitrogen and oxygen atoms in total. The van der Waals surface area contributed by atoms with Crippen LogP contribution in [0.15, 0.2) is 37.0 Å². The van der Waals surface area contributed by atoms with Crippen LogP contribution in [0.5, 0.6) is 0 Å². The summed E-state index contributed by atoms with van der Waals surface area (Å²) in [7, 11) is 0. The molecule has 0 bridgehead atoms. The molecular formula is C11H17NO. The van der Waals surface area contributed by atoms with Crippen LogP contribution in [0.3, 0.4) is 0 Å². The van der Waals surface area contributed by atoms with Gasteiger partial charge in [-0.2, -0.15) is 0 Å². The van der Waals surface area contributed by atoms with Gasteiger partial charge in [-0.15, -0.1) is 13.2 Å². The van der Waals surface area contributed by atoms with E-state index in [9.17, 15) is 4.79 Å². The third kappa shape index (κ3) is 3.74. The zero-order chi connectivity index (χ0) is 10.3. The Hall–Kier alpha value is -1.31. The summed E-state index contributed by atoms with van der Waals surface area (Å²) >= 11 is 0. The molecule has 0 aliphatic rings. The van der Waals surface area contributed by atoms with Crippen LogP contribution in [0.2, 0.25) is 0 Å². The average Bonchev–Trinajstić information content (AvgIpc) is 2.15. The first kappa shape index (κ1) is 11.7. The standard InChI is InChI=1S/C11H17NO/c1-5-8-12(9-6-2)11(13)10(4)7-3/h5-7H,1-2,8-9H2,3-4H3/b10-7-. The lowest BCUT2D eigenvalue weighted by atomic mass is 10.2. The molecule has 0 N–H and O–H groups in total. The fraction of sp³-hybridized carbons (Fsp3) is 0.364. The lowest BCUT2D eigenvalue weighted by molar-refractivity contribution is -0.126. The lowest BCUT2D eigenvalue weighted by Gasteiger charge is -2.19. The molecule has 72 valence electrons. The molecule has 1 amide bonds. The summed E-state index contributed by atoms with van der Waals surface area (Å²) in [5.41, 5.74) is 0.753. The van der Waals surface area contributed by atoms with Gasteiger partial charge in [-0.3, -0.25) is 4.79 Å². The number of amides is 1. The van der Waals surface area contributed by atoms with E-state index in [0.29, 0.717) is 13.1 Å². The Morgan fingerprint density at radius 2 is 1.77 bits per heavy atom. The average molecular weight is 179 g/mol. The maximum atomic E-state index is 11.6. The summed E-state index contributed by atoms with van der Waals surface area (Å²) in [5.74, 6) is 0.0438. The Kier molecular flexibility index (Phi) is 5.60. The molecule has 2 heteroatoms. The van der Waals surface area contributed by atoms with E-state index in [4.69, 9.17) is 0 Å². The fourth-order valence-corrected chi connectivity index (χ4v) is 0.925. The Balaban J connectivity index is 4.43. The zero-order valence-electron chi connectivity index (χ0n) is 8.42. The first-order valence-electron chi connectivity index (χ1n) is 4.31. The third-order valence-corrected chi connectivity index (χ3v) is 1.76. The third-order valence-electron chi connectivity index (χ3n) is 1.76. The van der Waals surface area contributed by atoms with Crippen molar-refractivity contribution < 1.29 is 4.79 Å². The molecule has 0 unspecified atom stereocenters. The van der Waals surface area contributed by atoms with E-state index in [0.717, 1.165) is 5.57 Å². The summed E-state index contributed by atoms with van der Waals surface area (Å²) in [4.78, 5) is 13.3. The highest BCUT2D eigenvalue weighted by Crippen LogP contribution is 2.01. The van der Waals surface area contributed by atoms with Crippen LogP contribution in [0.1, 0.15) is 13.8 Å². The topological polar surface area (TPSA) is 20.3 Å². The van der Waals surface area contributed by atoms with Gasteiger partial charge in [-0.05, 0) is 13.8 Å². The first-order valence-corrected chi connectivity index (χ1v) is 4.31. The van der Waals surface area contributed by atoms with Gasteiger partial charge in [0.05, 0.1) is 0 Å². The maximum Gasteiger partial charge on any atom is 0.249 e. The number of carbonyl (C=O) groups is 1. The molecule has 13 heavy (non-hydrogen) atoms. The van der Waals surface area contributed by atoms with E-state index >= 15 is 0 Å². The normalized spacial score (nSPS) is 10.8. The number of hydrogen-bond donors (Lipinski definition) is 0. The van der Waals surface area contributed by atoms with Crippen molar-refractivity contribution in [3.8, 4) is 0 Å². The molecule has 0 atom stereocenters. The maximum absolute atomic E-state index is 11.6. The summed E-state index contributed by atoms with van der Waals surface area (Å²) in [6.07, 6.45) is 5.23. The number of rotatable bonds is 5. The Morgan fingerprint density at radius 3 is 2.08 bits per heavy atom. The summed E-state index contributed by atoms with van der Waals surface area (Å²) in [5, 5.41) is 0. The summed E-state index contributed by atoms with van der Waals surface area (Å²) < 4.78 is 0. The Bertz CT molecular complexity index is 218. The highest BCUT2D eigenvalue weighted by molar-refractivity contribution is 5.92. The van der Waals surface area contributed by atoms with Gasteiger partial charge in [0.1, 0.15) is 0 Å². The minimum atomic E-state index is 0.0438. The quantitative estimate of drug-likeness (QED) is 0.468. The molecular weight excluding hydrogens is 162 g/mol. The molecule has 0 aromatic rings. The van der Waals surface area contributed by atoms with Crippen molar-refractivity contribution in [2.45, 2.75) is 13.8 Å². The van der Waals surface area contributed by atoms with Gasteiger partial charge in [0.15, 0.2) is 0 Å². The van der Waals surface area contributed by atoms with Crippen molar-refractivity contribution in [2.24, 2.45) is 0 Å². The van der Waals surface area contributed by atoms with Gasteiger partial charge in [0.2, 0.25) is 5.91 Å². The monoisotopic (exact) mass is 179 g/mol. The predicted molar refractivity (Wildman–Crippen MR) is 56.4 cm³/mol. The highest BCUT2D eigenvalue weighted by Gasteiger charge is 2.10. The summed E-state index contributed by atoms with van der Waals surface area (Å²) in [6, 6.07) is 0. The van der Waals surface area contributed by atoms with Crippen molar-refractivity contribution in [1.82, 2.24) is 4.90 Å². The summed E-state index contributed by atoms with van der Waals surface area (Å²) in [6.45, 7) is 12.0. The number of allylic oxidation sites excluding steroid dienone is 1. The molecule has 0 fully saturated rings. The molecule has 0 aliphatic heterocycles. The van der Waals surface area contributed by atoms with E-state index < -0.39 is 0 Å². The van der Waals surface area contributed by atoms with Crippen molar-refractivity contribution in [3.63, 3.8) is 0 Å². The molecule has 0 heterocycles. The molecule has 0 saturated heterocycles. The molecule has 0 aromatic heterocycles. The van der Waals surface area contributed by atoms with Gasteiger partial charge in [0, 0.05) is 18.7 Å². The first-order chi connectivity index (χ1) is 6.17. The van der Waals surface area contributed by atoms with Crippen molar-refractivity contribution in [3.05, 3.63) is 37.0 Å². The number of hydrogen-bond acceptors (Lipinski definition) is 1. The number of carbonyl (C=O) groups excluding carboxylic acids is 1. The van der Waals surface area contributed by atoms with Crippen LogP contribution >= 0.6 is 0 Å². The van der Waals surface area contributed by atoms with Crippen LogP contribution in [-0.4, -0.2) is 23.9 Å². The second kappa shape index (κ2) is 6.23. The van der Waals surface area contributed by atoms with Gasteiger partial charge < -0.3 is 4.90 Å². The minimum absolute atomic E-state index is 0.0438. The van der Waals surface area contributed by atoms with E-state index in [2.05, 4.69) is 13.2 Å². The van der Waals surface area contributed by atoms with E-state index in [1.54, 1.807) is 17.1 Å². The highest BCUT2D eigenvalue weighted by atomic mass is 16.2. The van der Waals surface area contributed by atoms with Crippen molar-refractivity contribution in [1.29, 1.82) is 0 Å². The van der Waals surface area contributed by atoms with Crippen LogP contribution in [0.25, 0.3) is 0 Å². The van der Waals surface area contributed by atoms with Gasteiger partial charge in [0.25, 0.3) is 0 Å². The van der Waals surface area contributed by atoms with Gasteiger partial charge in [-0.1, -0.05) is 18.2 Å². The molecule has 0 aromatic carbocycles. The largest absolute Gasteiger partial charge is 0.332 e. The van der Waals surface area contributed by atoms with Crippen molar-refractivity contribution in [2.75, 3.05) is 13.1 Å². The second-order valence-corrected chi connectivity index (χ2v) is 2.76. The lowest BCUT2D eigenvalue weighted by Crippen LogP contribution is -2.31. The van der Waals surface area contributed by atoms with Crippen LogP contribution in [0, 0.1) is 0 Å². The van der Waals surface area contributed by atoms with E-state index in [-0.39, 0.29) is 5.91 Å². The molecule has 0 rings (SSSR count). The molecule has 0 spiro atoms. The zero-order valence-corrected chi connectivity index (χ0v) is 8.42. The molecule has 0 radical (unpaired) electrons. The minimum Gasteiger partial charge on any atom is -0.332 e. The molecule has 0 aliphatic carbocycles.